The van der Waals surface area contributed by atoms with E-state index in [2.05, 4.69) is 10.3 Å². The molecule has 0 unspecified atom stereocenters. The van der Waals surface area contributed by atoms with Gasteiger partial charge in [0.15, 0.2) is 0 Å². The van der Waals surface area contributed by atoms with Crippen LogP contribution in [-0.2, 0) is 5.41 Å². The summed E-state index contributed by atoms with van der Waals surface area (Å²) >= 11 is 0. The average molecular weight is 286 g/mol. The van der Waals surface area contributed by atoms with E-state index in [0.717, 1.165) is 6.29 Å². The van der Waals surface area contributed by atoms with Gasteiger partial charge in [0.1, 0.15) is 12.0 Å². The highest BCUT2D eigenvalue weighted by Gasteiger charge is 2.22. The molecule has 1 heterocycles. The summed E-state index contributed by atoms with van der Waals surface area (Å²) < 4.78 is 5.49. The molecule has 0 aliphatic rings. The lowest BCUT2D eigenvalue weighted by Crippen LogP contribution is -2.14. The monoisotopic (exact) mass is 286 g/mol. The van der Waals surface area contributed by atoms with E-state index in [1.165, 1.54) is 0 Å². The number of anilines is 1. The first-order chi connectivity index (χ1) is 9.82. The molecule has 1 N–H and O–H groups in total. The molecular formula is C16H18N2O3. The van der Waals surface area contributed by atoms with Gasteiger partial charge < -0.3 is 9.73 Å². The van der Waals surface area contributed by atoms with Crippen molar-refractivity contribution in [3.05, 3.63) is 47.2 Å². The summed E-state index contributed by atoms with van der Waals surface area (Å²) in [5.41, 5.74) is 1.61. The highest BCUT2D eigenvalue weighted by Crippen LogP contribution is 2.23. The molecular weight excluding hydrogens is 268 g/mol. The highest BCUT2D eigenvalue weighted by atomic mass is 16.4. The van der Waals surface area contributed by atoms with E-state index >= 15 is 0 Å². The summed E-state index contributed by atoms with van der Waals surface area (Å²) in [6, 6.07) is 5.14. The first kappa shape index (κ1) is 15.0. The predicted octanol–water partition coefficient (Wildman–Crippen LogP) is 3.35. The minimum atomic E-state index is -0.434. The number of hydrogen-bond donors (Lipinski definition) is 1. The van der Waals surface area contributed by atoms with Gasteiger partial charge in [-0.2, -0.15) is 0 Å². The van der Waals surface area contributed by atoms with Gasteiger partial charge in [-0.3, -0.25) is 9.59 Å². The van der Waals surface area contributed by atoms with Crippen LogP contribution in [0.4, 0.5) is 5.69 Å². The van der Waals surface area contributed by atoms with E-state index in [0.29, 0.717) is 22.6 Å². The second kappa shape index (κ2) is 5.52. The smallest absolute Gasteiger partial charge is 0.311 e. The topological polar surface area (TPSA) is 72.2 Å². The minimum Gasteiger partial charge on any atom is -0.437 e. The Morgan fingerprint density at radius 3 is 2.62 bits per heavy atom. The Bertz CT molecular complexity index is 681. The lowest BCUT2D eigenvalue weighted by atomic mass is 9.94. The molecule has 0 saturated carbocycles. The van der Waals surface area contributed by atoms with Crippen molar-refractivity contribution in [2.24, 2.45) is 0 Å². The number of aromatic nitrogens is 1. The van der Waals surface area contributed by atoms with Gasteiger partial charge in [0.05, 0.1) is 6.20 Å². The van der Waals surface area contributed by atoms with Gasteiger partial charge in [-0.05, 0) is 18.6 Å². The normalized spacial score (nSPS) is 11.2. The molecule has 0 saturated heterocycles. The first-order valence-electron chi connectivity index (χ1n) is 6.65. The van der Waals surface area contributed by atoms with Gasteiger partial charge in [0.25, 0.3) is 5.89 Å². The van der Waals surface area contributed by atoms with Crippen LogP contribution in [0.25, 0.3) is 0 Å². The summed E-state index contributed by atoms with van der Waals surface area (Å²) in [5, 5.41) is 2.71. The standard InChI is InChI=1S/C16H18N2O3/c1-10-11(9-19)6-5-7-12(10)18-14(20)15-17-8-13(21-15)16(2,3)4/h5-9H,1-4H3,(H,18,20). The Kier molecular flexibility index (Phi) is 3.93. The summed E-state index contributed by atoms with van der Waals surface area (Å²) in [7, 11) is 0. The van der Waals surface area contributed by atoms with Gasteiger partial charge in [0, 0.05) is 16.7 Å². The number of amides is 1. The number of carbonyl (C=O) groups is 2. The maximum Gasteiger partial charge on any atom is 0.311 e. The van der Waals surface area contributed by atoms with Gasteiger partial charge >= 0.3 is 5.91 Å². The van der Waals surface area contributed by atoms with Crippen molar-refractivity contribution >= 4 is 17.9 Å². The lowest BCUT2D eigenvalue weighted by Gasteiger charge is -2.13. The molecule has 0 aliphatic carbocycles. The van der Waals surface area contributed by atoms with Crippen molar-refractivity contribution in [2.45, 2.75) is 33.1 Å². The van der Waals surface area contributed by atoms with E-state index in [9.17, 15) is 9.59 Å². The Morgan fingerprint density at radius 2 is 2.05 bits per heavy atom. The van der Waals surface area contributed by atoms with Crippen molar-refractivity contribution in [3.8, 4) is 0 Å². The third kappa shape index (κ3) is 3.18. The Balaban J connectivity index is 2.23. The Hall–Kier alpha value is -2.43. The molecule has 0 atom stereocenters. The Morgan fingerprint density at radius 1 is 1.33 bits per heavy atom. The number of carbonyl (C=O) groups excluding carboxylic acids is 2. The van der Waals surface area contributed by atoms with Gasteiger partial charge in [-0.25, -0.2) is 4.98 Å². The van der Waals surface area contributed by atoms with Crippen LogP contribution in [0, 0.1) is 6.92 Å². The lowest BCUT2D eigenvalue weighted by molar-refractivity contribution is 0.0986. The molecule has 0 radical (unpaired) electrons. The number of nitrogens with one attached hydrogen (secondary N) is 1. The fourth-order valence-electron chi connectivity index (χ4n) is 1.82. The fraction of sp³-hybridized carbons (Fsp3) is 0.312. The molecule has 21 heavy (non-hydrogen) atoms. The van der Waals surface area contributed by atoms with E-state index in [1.807, 2.05) is 20.8 Å². The minimum absolute atomic E-state index is 0.0100. The molecule has 1 aromatic carbocycles. The number of nitrogens with zero attached hydrogens (tertiary/aromatic N) is 1. The number of aldehydes is 1. The maximum absolute atomic E-state index is 12.2. The summed E-state index contributed by atoms with van der Waals surface area (Å²) in [5.74, 6) is 0.221. The zero-order valence-corrected chi connectivity index (χ0v) is 12.6. The van der Waals surface area contributed by atoms with Crippen LogP contribution in [0.2, 0.25) is 0 Å². The SMILES string of the molecule is Cc1c(C=O)cccc1NC(=O)c1ncc(C(C)(C)C)o1. The largest absolute Gasteiger partial charge is 0.437 e. The zero-order chi connectivity index (χ0) is 15.6. The van der Waals surface area contributed by atoms with E-state index in [-0.39, 0.29) is 11.3 Å². The molecule has 2 rings (SSSR count). The van der Waals surface area contributed by atoms with E-state index in [1.54, 1.807) is 31.3 Å². The highest BCUT2D eigenvalue weighted by molar-refractivity contribution is 6.02. The molecule has 0 fully saturated rings. The van der Waals surface area contributed by atoms with Crippen molar-refractivity contribution in [2.75, 3.05) is 5.32 Å². The van der Waals surface area contributed by atoms with Crippen molar-refractivity contribution in [3.63, 3.8) is 0 Å². The summed E-state index contributed by atoms with van der Waals surface area (Å²) in [6.45, 7) is 7.71. The third-order valence-electron chi connectivity index (χ3n) is 3.19. The van der Waals surface area contributed by atoms with Crippen LogP contribution in [0.15, 0.2) is 28.8 Å². The maximum atomic E-state index is 12.2. The number of oxazole rings is 1. The molecule has 5 nitrogen and oxygen atoms in total. The molecule has 0 spiro atoms. The van der Waals surface area contributed by atoms with Crippen molar-refractivity contribution in [1.29, 1.82) is 0 Å². The number of hydrogen-bond acceptors (Lipinski definition) is 4. The van der Waals surface area contributed by atoms with Gasteiger partial charge in [-0.15, -0.1) is 0 Å². The van der Waals surface area contributed by atoms with Crippen molar-refractivity contribution < 1.29 is 14.0 Å². The predicted molar refractivity (Wildman–Crippen MR) is 79.7 cm³/mol. The molecule has 5 heteroatoms. The first-order valence-corrected chi connectivity index (χ1v) is 6.65. The van der Waals surface area contributed by atoms with Crippen LogP contribution in [0.1, 0.15) is 53.1 Å². The van der Waals surface area contributed by atoms with E-state index < -0.39 is 5.91 Å². The summed E-state index contributed by atoms with van der Waals surface area (Å²) in [6.07, 6.45) is 2.32. The average Bonchev–Trinajstić information content (AvgIpc) is 2.91. The van der Waals surface area contributed by atoms with Crippen LogP contribution in [0.3, 0.4) is 0 Å². The molecule has 110 valence electrons. The van der Waals surface area contributed by atoms with Crippen LogP contribution in [0.5, 0.6) is 0 Å². The number of benzene rings is 1. The summed E-state index contributed by atoms with van der Waals surface area (Å²) in [4.78, 5) is 27.1. The van der Waals surface area contributed by atoms with Crippen molar-refractivity contribution in [1.82, 2.24) is 4.98 Å². The van der Waals surface area contributed by atoms with E-state index in [4.69, 9.17) is 4.42 Å². The molecule has 2 aromatic rings. The zero-order valence-electron chi connectivity index (χ0n) is 12.6. The second-order valence-electron chi connectivity index (χ2n) is 5.87. The molecule has 0 bridgehead atoms. The molecule has 0 aliphatic heterocycles. The third-order valence-corrected chi connectivity index (χ3v) is 3.19. The second-order valence-corrected chi connectivity index (χ2v) is 5.87. The molecule has 1 aromatic heterocycles. The van der Waals surface area contributed by atoms with Crippen LogP contribution in [-0.4, -0.2) is 17.2 Å². The van der Waals surface area contributed by atoms with Crippen LogP contribution < -0.4 is 5.32 Å². The number of rotatable bonds is 3. The van der Waals surface area contributed by atoms with Gasteiger partial charge in [0.2, 0.25) is 0 Å². The molecule has 1 amide bonds. The quantitative estimate of drug-likeness (QED) is 0.878. The van der Waals surface area contributed by atoms with Gasteiger partial charge in [-0.1, -0.05) is 32.9 Å². The van der Waals surface area contributed by atoms with Crippen LogP contribution >= 0.6 is 0 Å². The Labute approximate surface area is 123 Å². The fourth-order valence-corrected chi connectivity index (χ4v) is 1.82.